The molecule has 0 spiro atoms. The van der Waals surface area contributed by atoms with Crippen molar-refractivity contribution in [2.45, 2.75) is 6.10 Å². The lowest BCUT2D eigenvalue weighted by Crippen LogP contribution is -2.26. The summed E-state index contributed by atoms with van der Waals surface area (Å²) in [6.45, 7) is 0.132. The third kappa shape index (κ3) is 2.92. The number of carbonyl (C=O) groups excluding carboxylic acids is 1. The molecule has 1 rings (SSSR count). The van der Waals surface area contributed by atoms with Crippen LogP contribution in [0.25, 0.3) is 0 Å². The molecule has 0 saturated carbocycles. The number of amides is 1. The number of hydrogen-bond acceptors (Lipinski definition) is 2. The van der Waals surface area contributed by atoms with Gasteiger partial charge < -0.3 is 10.4 Å². The van der Waals surface area contributed by atoms with Crippen LogP contribution in [-0.4, -0.2) is 17.6 Å². The molecule has 72 valence electrons. The lowest BCUT2D eigenvalue weighted by Gasteiger charge is -2.10. The third-order valence-corrected chi connectivity index (χ3v) is 1.77. The fraction of sp³-hybridized carbons (Fsp3) is 0.182. The van der Waals surface area contributed by atoms with Gasteiger partial charge >= 0.3 is 0 Å². The maximum absolute atomic E-state index is 10.7. The molecule has 0 aromatic heterocycles. The van der Waals surface area contributed by atoms with Gasteiger partial charge in [-0.1, -0.05) is 30.3 Å². The molecule has 0 radical (unpaired) electrons. The van der Waals surface area contributed by atoms with E-state index in [9.17, 15) is 9.90 Å². The summed E-state index contributed by atoms with van der Waals surface area (Å²) >= 11 is 0. The van der Waals surface area contributed by atoms with Crippen LogP contribution < -0.4 is 5.32 Å². The normalized spacial score (nSPS) is 11.4. The van der Waals surface area contributed by atoms with Gasteiger partial charge in [0, 0.05) is 6.54 Å². The molecule has 0 bridgehead atoms. The maximum Gasteiger partial charge on any atom is 0.295 e. The van der Waals surface area contributed by atoms with Gasteiger partial charge in [0.1, 0.15) is 0 Å². The Morgan fingerprint density at radius 2 is 2.14 bits per heavy atom. The molecule has 0 aliphatic heterocycles. The first-order chi connectivity index (χ1) is 6.74. The van der Waals surface area contributed by atoms with E-state index in [4.69, 9.17) is 6.42 Å². The maximum atomic E-state index is 10.7. The molecular formula is C11H11NO2. The van der Waals surface area contributed by atoms with E-state index in [-0.39, 0.29) is 6.54 Å². The zero-order valence-electron chi connectivity index (χ0n) is 7.60. The molecular weight excluding hydrogens is 178 g/mol. The van der Waals surface area contributed by atoms with Crippen LogP contribution in [0.4, 0.5) is 0 Å². The van der Waals surface area contributed by atoms with Crippen molar-refractivity contribution in [1.29, 1.82) is 0 Å². The van der Waals surface area contributed by atoms with E-state index in [1.54, 1.807) is 12.1 Å². The van der Waals surface area contributed by atoms with Crippen LogP contribution in [0, 0.1) is 12.3 Å². The van der Waals surface area contributed by atoms with Gasteiger partial charge in [-0.2, -0.15) is 0 Å². The molecule has 3 heteroatoms. The number of aliphatic hydroxyl groups is 1. The van der Waals surface area contributed by atoms with Crippen molar-refractivity contribution in [3.63, 3.8) is 0 Å². The second-order valence-electron chi connectivity index (χ2n) is 2.78. The molecule has 1 amide bonds. The second kappa shape index (κ2) is 5.05. The number of aliphatic hydroxyl groups excluding tert-OH is 1. The summed E-state index contributed by atoms with van der Waals surface area (Å²) < 4.78 is 0. The molecule has 0 fully saturated rings. The predicted octanol–water partition coefficient (Wildman–Crippen LogP) is 0.469. The summed E-state index contributed by atoms with van der Waals surface area (Å²) in [6, 6.07) is 9.07. The molecule has 1 aromatic carbocycles. The van der Waals surface area contributed by atoms with Crippen molar-refractivity contribution in [2.24, 2.45) is 0 Å². The van der Waals surface area contributed by atoms with Gasteiger partial charge in [-0.05, 0) is 11.5 Å². The molecule has 0 aliphatic carbocycles. The quantitative estimate of drug-likeness (QED) is 0.679. The number of carbonyl (C=O) groups is 1. The SMILES string of the molecule is C#CC(=O)NCC(O)c1ccccc1. The smallest absolute Gasteiger partial charge is 0.295 e. The summed E-state index contributed by atoms with van der Waals surface area (Å²) in [6.07, 6.45) is 4.14. The molecule has 1 atom stereocenters. The van der Waals surface area contributed by atoms with Crippen LogP contribution in [0.2, 0.25) is 0 Å². The van der Waals surface area contributed by atoms with Gasteiger partial charge in [0.2, 0.25) is 0 Å². The molecule has 3 nitrogen and oxygen atoms in total. The molecule has 0 heterocycles. The van der Waals surface area contributed by atoms with Crippen LogP contribution in [0.1, 0.15) is 11.7 Å². The number of terminal acetylenes is 1. The van der Waals surface area contributed by atoms with Crippen LogP contribution in [-0.2, 0) is 4.79 Å². The van der Waals surface area contributed by atoms with E-state index in [1.807, 2.05) is 24.1 Å². The summed E-state index contributed by atoms with van der Waals surface area (Å²) in [7, 11) is 0. The molecule has 1 unspecified atom stereocenters. The summed E-state index contributed by atoms with van der Waals surface area (Å²) in [5.74, 6) is 1.40. The van der Waals surface area contributed by atoms with Crippen molar-refractivity contribution in [2.75, 3.05) is 6.54 Å². The lowest BCUT2D eigenvalue weighted by molar-refractivity contribution is -0.116. The van der Waals surface area contributed by atoms with Gasteiger partial charge in [-0.15, -0.1) is 6.42 Å². The van der Waals surface area contributed by atoms with Crippen LogP contribution in [0.3, 0.4) is 0 Å². The highest BCUT2D eigenvalue weighted by Gasteiger charge is 2.06. The standard InChI is InChI=1S/C11H11NO2/c1-2-11(14)12-8-10(13)9-6-4-3-5-7-9/h1,3-7,10,13H,8H2,(H,12,14). The summed E-state index contributed by atoms with van der Waals surface area (Å²) in [5.41, 5.74) is 0.754. The van der Waals surface area contributed by atoms with Gasteiger partial charge in [-0.3, -0.25) is 4.79 Å². The first kappa shape index (κ1) is 10.3. The Hall–Kier alpha value is -1.79. The molecule has 0 aliphatic rings. The highest BCUT2D eigenvalue weighted by molar-refractivity contribution is 5.92. The van der Waals surface area contributed by atoms with E-state index in [0.29, 0.717) is 0 Å². The zero-order chi connectivity index (χ0) is 10.4. The Kier molecular flexibility index (Phi) is 3.71. The van der Waals surface area contributed by atoms with Crippen molar-refractivity contribution in [1.82, 2.24) is 5.32 Å². The lowest BCUT2D eigenvalue weighted by atomic mass is 10.1. The Balaban J connectivity index is 2.48. The van der Waals surface area contributed by atoms with E-state index >= 15 is 0 Å². The minimum absolute atomic E-state index is 0.132. The average Bonchev–Trinajstić information content (AvgIpc) is 2.26. The fourth-order valence-corrected chi connectivity index (χ4v) is 1.03. The number of benzene rings is 1. The minimum atomic E-state index is -0.714. The first-order valence-electron chi connectivity index (χ1n) is 4.21. The van der Waals surface area contributed by atoms with E-state index < -0.39 is 12.0 Å². The van der Waals surface area contributed by atoms with Gasteiger partial charge in [0.05, 0.1) is 6.10 Å². The van der Waals surface area contributed by atoms with E-state index in [0.717, 1.165) is 5.56 Å². The minimum Gasteiger partial charge on any atom is -0.387 e. The van der Waals surface area contributed by atoms with Crippen molar-refractivity contribution in [3.05, 3.63) is 35.9 Å². The van der Waals surface area contributed by atoms with Crippen LogP contribution >= 0.6 is 0 Å². The molecule has 0 saturated heterocycles. The summed E-state index contributed by atoms with van der Waals surface area (Å²) in [4.78, 5) is 10.7. The first-order valence-corrected chi connectivity index (χ1v) is 4.21. The molecule has 2 N–H and O–H groups in total. The fourth-order valence-electron chi connectivity index (χ4n) is 1.03. The monoisotopic (exact) mass is 189 g/mol. The molecule has 14 heavy (non-hydrogen) atoms. The van der Waals surface area contributed by atoms with Crippen LogP contribution in [0.5, 0.6) is 0 Å². The highest BCUT2D eigenvalue weighted by atomic mass is 16.3. The third-order valence-electron chi connectivity index (χ3n) is 1.77. The second-order valence-corrected chi connectivity index (χ2v) is 2.78. The van der Waals surface area contributed by atoms with Gasteiger partial charge in [-0.25, -0.2) is 0 Å². The Bertz CT molecular complexity index is 340. The largest absolute Gasteiger partial charge is 0.387 e. The van der Waals surface area contributed by atoms with Crippen molar-refractivity contribution < 1.29 is 9.90 Å². The number of hydrogen-bond donors (Lipinski definition) is 2. The van der Waals surface area contributed by atoms with Crippen molar-refractivity contribution in [3.8, 4) is 12.3 Å². The number of nitrogens with one attached hydrogen (secondary N) is 1. The molecule has 1 aromatic rings. The Morgan fingerprint density at radius 3 is 2.71 bits per heavy atom. The van der Waals surface area contributed by atoms with Gasteiger partial charge in [0.25, 0.3) is 5.91 Å². The average molecular weight is 189 g/mol. The Labute approximate surface area is 82.8 Å². The number of rotatable bonds is 3. The van der Waals surface area contributed by atoms with E-state index in [1.165, 1.54) is 0 Å². The Morgan fingerprint density at radius 1 is 1.50 bits per heavy atom. The topological polar surface area (TPSA) is 49.3 Å². The zero-order valence-corrected chi connectivity index (χ0v) is 7.60. The van der Waals surface area contributed by atoms with E-state index in [2.05, 4.69) is 5.32 Å². The van der Waals surface area contributed by atoms with Crippen LogP contribution in [0.15, 0.2) is 30.3 Å². The summed E-state index contributed by atoms with van der Waals surface area (Å²) in [5, 5.41) is 12.0. The predicted molar refractivity (Wildman–Crippen MR) is 53.2 cm³/mol. The highest BCUT2D eigenvalue weighted by Crippen LogP contribution is 2.09. The van der Waals surface area contributed by atoms with Crippen molar-refractivity contribution >= 4 is 5.91 Å². The van der Waals surface area contributed by atoms with Gasteiger partial charge in [0.15, 0.2) is 0 Å².